The maximum Gasteiger partial charge on any atom is 0.407 e. The van der Waals surface area contributed by atoms with E-state index < -0.39 is 18.1 Å². The van der Waals surface area contributed by atoms with E-state index in [1.807, 2.05) is 31.2 Å². The van der Waals surface area contributed by atoms with Crippen molar-refractivity contribution < 1.29 is 19.4 Å². The Hall–Kier alpha value is -2.82. The summed E-state index contributed by atoms with van der Waals surface area (Å²) in [6.45, 7) is 2.15. The molecule has 0 saturated heterocycles. The molecule has 27 heavy (non-hydrogen) atoms. The standard InChI is InChI=1S/C22H23NO4/c1-2-22(11-12-22)19(20(24)25)23-21(26)27-13-18-16-9-5-3-7-14(16)15-8-4-6-10-17(15)18/h3-10,18-19H,2,11-13H2,1H3,(H,23,26)(H,24,25). The predicted octanol–water partition coefficient (Wildman–Crippen LogP) is 4.17. The van der Waals surface area contributed by atoms with Crippen molar-refractivity contribution in [2.75, 3.05) is 6.61 Å². The van der Waals surface area contributed by atoms with Crippen LogP contribution in [0.15, 0.2) is 48.5 Å². The number of carboxylic acid groups (broad SMARTS) is 1. The van der Waals surface area contributed by atoms with Gasteiger partial charge < -0.3 is 15.2 Å². The molecule has 0 bridgehead atoms. The lowest BCUT2D eigenvalue weighted by molar-refractivity contribution is -0.141. The van der Waals surface area contributed by atoms with Crippen molar-refractivity contribution in [3.8, 4) is 11.1 Å². The molecule has 0 heterocycles. The molecule has 4 rings (SSSR count). The van der Waals surface area contributed by atoms with Crippen LogP contribution in [0.4, 0.5) is 4.79 Å². The number of nitrogens with one attached hydrogen (secondary N) is 1. The zero-order valence-electron chi connectivity index (χ0n) is 15.3. The monoisotopic (exact) mass is 365 g/mol. The van der Waals surface area contributed by atoms with E-state index in [4.69, 9.17) is 4.74 Å². The van der Waals surface area contributed by atoms with Crippen LogP contribution in [0, 0.1) is 5.41 Å². The second-order valence-corrected chi connectivity index (χ2v) is 7.46. The van der Waals surface area contributed by atoms with Crippen LogP contribution < -0.4 is 5.32 Å². The Morgan fingerprint density at radius 3 is 2.15 bits per heavy atom. The number of rotatable bonds is 6. The molecule has 0 aromatic heterocycles. The minimum absolute atomic E-state index is 0.0347. The van der Waals surface area contributed by atoms with Gasteiger partial charge in [-0.1, -0.05) is 55.5 Å². The largest absolute Gasteiger partial charge is 0.480 e. The first-order valence-electron chi connectivity index (χ1n) is 9.40. The summed E-state index contributed by atoms with van der Waals surface area (Å²) in [6.07, 6.45) is 1.71. The van der Waals surface area contributed by atoms with E-state index in [-0.39, 0.29) is 17.9 Å². The Balaban J connectivity index is 1.47. The normalized spacial score (nSPS) is 17.5. The van der Waals surface area contributed by atoms with Crippen LogP contribution in [0.25, 0.3) is 11.1 Å². The molecule has 0 aliphatic heterocycles. The third-order valence-electron chi connectivity index (χ3n) is 6.06. The molecular formula is C22H23NO4. The van der Waals surface area contributed by atoms with Gasteiger partial charge in [-0.3, -0.25) is 0 Å². The Bertz CT molecular complexity index is 842. The second-order valence-electron chi connectivity index (χ2n) is 7.46. The number of amides is 1. The zero-order valence-corrected chi connectivity index (χ0v) is 15.3. The number of fused-ring (bicyclic) bond motifs is 3. The third kappa shape index (κ3) is 3.07. The lowest BCUT2D eigenvalue weighted by Crippen LogP contribution is -2.47. The molecular weight excluding hydrogens is 342 g/mol. The van der Waals surface area contributed by atoms with E-state index in [0.29, 0.717) is 0 Å². The minimum atomic E-state index is -0.997. The molecule has 0 spiro atoms. The molecule has 2 aromatic carbocycles. The molecule has 2 N–H and O–H groups in total. The summed E-state index contributed by atoms with van der Waals surface area (Å²) in [4.78, 5) is 23.9. The topological polar surface area (TPSA) is 75.6 Å². The molecule has 140 valence electrons. The first-order valence-corrected chi connectivity index (χ1v) is 9.40. The number of hydrogen-bond acceptors (Lipinski definition) is 3. The number of aliphatic carboxylic acids is 1. The highest BCUT2D eigenvalue weighted by Crippen LogP contribution is 2.51. The molecule has 0 radical (unpaired) electrons. The van der Waals surface area contributed by atoms with E-state index in [2.05, 4.69) is 29.6 Å². The number of carbonyl (C=O) groups is 2. The molecule has 1 unspecified atom stereocenters. The quantitative estimate of drug-likeness (QED) is 0.806. The second kappa shape index (κ2) is 6.72. The van der Waals surface area contributed by atoms with Crippen LogP contribution in [0.2, 0.25) is 0 Å². The summed E-state index contributed by atoms with van der Waals surface area (Å²) in [6, 6.07) is 15.3. The van der Waals surface area contributed by atoms with Gasteiger partial charge in [0.2, 0.25) is 0 Å². The smallest absolute Gasteiger partial charge is 0.407 e. The average Bonchev–Trinajstić information content (AvgIpc) is 3.41. The maximum atomic E-state index is 12.3. The molecule has 1 amide bonds. The summed E-state index contributed by atoms with van der Waals surface area (Å²) < 4.78 is 5.47. The number of carbonyl (C=O) groups excluding carboxylic acids is 1. The van der Waals surface area contributed by atoms with Crippen molar-refractivity contribution in [3.63, 3.8) is 0 Å². The predicted molar refractivity (Wildman–Crippen MR) is 102 cm³/mol. The van der Waals surface area contributed by atoms with E-state index in [1.54, 1.807) is 0 Å². The number of alkyl carbamates (subject to hydrolysis) is 1. The van der Waals surface area contributed by atoms with Crippen LogP contribution in [0.1, 0.15) is 43.2 Å². The fourth-order valence-corrected chi connectivity index (χ4v) is 4.24. The van der Waals surface area contributed by atoms with Crippen LogP contribution in [0.3, 0.4) is 0 Å². The van der Waals surface area contributed by atoms with Gasteiger partial charge in [0.15, 0.2) is 0 Å². The van der Waals surface area contributed by atoms with Crippen molar-refractivity contribution in [3.05, 3.63) is 59.7 Å². The number of hydrogen-bond donors (Lipinski definition) is 2. The first kappa shape index (κ1) is 17.6. The highest BCUT2D eigenvalue weighted by Gasteiger charge is 2.52. The van der Waals surface area contributed by atoms with Crippen molar-refractivity contribution >= 4 is 12.1 Å². The van der Waals surface area contributed by atoms with E-state index in [1.165, 1.54) is 0 Å². The van der Waals surface area contributed by atoms with Crippen LogP contribution in [-0.4, -0.2) is 29.8 Å². The van der Waals surface area contributed by atoms with Crippen LogP contribution in [0.5, 0.6) is 0 Å². The van der Waals surface area contributed by atoms with Gasteiger partial charge in [-0.2, -0.15) is 0 Å². The summed E-state index contributed by atoms with van der Waals surface area (Å²) >= 11 is 0. The fourth-order valence-electron chi connectivity index (χ4n) is 4.24. The SMILES string of the molecule is CCC1(C(NC(=O)OCC2c3ccccc3-c3ccccc32)C(=O)O)CC1. The van der Waals surface area contributed by atoms with Crippen molar-refractivity contribution in [1.29, 1.82) is 0 Å². The molecule has 1 atom stereocenters. The summed E-state index contributed by atoms with van der Waals surface area (Å²) in [5.74, 6) is -1.03. The van der Waals surface area contributed by atoms with Crippen LogP contribution in [-0.2, 0) is 9.53 Å². The highest BCUT2D eigenvalue weighted by molar-refractivity contribution is 5.82. The van der Waals surface area contributed by atoms with Gasteiger partial charge in [-0.15, -0.1) is 0 Å². The highest BCUT2D eigenvalue weighted by atomic mass is 16.5. The van der Waals surface area contributed by atoms with Gasteiger partial charge in [-0.05, 0) is 41.5 Å². The number of ether oxygens (including phenoxy) is 1. The lowest BCUT2D eigenvalue weighted by Gasteiger charge is -2.23. The summed E-state index contributed by atoms with van der Waals surface area (Å²) in [5.41, 5.74) is 4.26. The van der Waals surface area contributed by atoms with Crippen molar-refractivity contribution in [1.82, 2.24) is 5.32 Å². The molecule has 1 saturated carbocycles. The van der Waals surface area contributed by atoms with E-state index in [9.17, 15) is 14.7 Å². The summed E-state index contributed by atoms with van der Waals surface area (Å²) in [7, 11) is 0. The van der Waals surface area contributed by atoms with Crippen molar-refractivity contribution in [2.45, 2.75) is 38.1 Å². The maximum absolute atomic E-state index is 12.3. The van der Waals surface area contributed by atoms with E-state index >= 15 is 0 Å². The minimum Gasteiger partial charge on any atom is -0.480 e. The van der Waals surface area contributed by atoms with Gasteiger partial charge in [-0.25, -0.2) is 9.59 Å². The van der Waals surface area contributed by atoms with E-state index in [0.717, 1.165) is 41.5 Å². The van der Waals surface area contributed by atoms with Gasteiger partial charge >= 0.3 is 12.1 Å². The lowest BCUT2D eigenvalue weighted by atomic mass is 9.93. The molecule has 5 heteroatoms. The Kier molecular flexibility index (Phi) is 4.38. The molecule has 5 nitrogen and oxygen atoms in total. The first-order chi connectivity index (χ1) is 13.1. The van der Waals surface area contributed by atoms with Gasteiger partial charge in [0.25, 0.3) is 0 Å². The van der Waals surface area contributed by atoms with Gasteiger partial charge in [0.1, 0.15) is 12.6 Å². The van der Waals surface area contributed by atoms with Gasteiger partial charge in [0.05, 0.1) is 0 Å². The Morgan fingerprint density at radius 2 is 1.67 bits per heavy atom. The van der Waals surface area contributed by atoms with Crippen molar-refractivity contribution in [2.24, 2.45) is 5.41 Å². The zero-order chi connectivity index (χ0) is 19.0. The number of carboxylic acids is 1. The Morgan fingerprint density at radius 1 is 1.11 bits per heavy atom. The van der Waals surface area contributed by atoms with Gasteiger partial charge in [0, 0.05) is 11.3 Å². The summed E-state index contributed by atoms with van der Waals surface area (Å²) in [5, 5.41) is 12.1. The fraction of sp³-hybridized carbons (Fsp3) is 0.364. The average molecular weight is 365 g/mol. The number of benzene rings is 2. The molecule has 1 fully saturated rings. The Labute approximate surface area is 158 Å². The molecule has 2 aliphatic rings. The molecule has 2 aromatic rings. The molecule has 2 aliphatic carbocycles. The third-order valence-corrected chi connectivity index (χ3v) is 6.06. The van der Waals surface area contributed by atoms with Crippen LogP contribution >= 0.6 is 0 Å².